The molecule has 0 aromatic heterocycles. The molecule has 0 spiro atoms. The van der Waals surface area contributed by atoms with Gasteiger partial charge >= 0.3 is 6.09 Å². The van der Waals surface area contributed by atoms with Crippen LogP contribution >= 0.6 is 0 Å². The van der Waals surface area contributed by atoms with Gasteiger partial charge in [0.1, 0.15) is 11.6 Å². The van der Waals surface area contributed by atoms with Gasteiger partial charge < -0.3 is 19.7 Å². The number of carbonyl (C=O) groups excluding carboxylic acids is 2. The molecule has 0 saturated carbocycles. The van der Waals surface area contributed by atoms with Gasteiger partial charge in [0.05, 0.1) is 13.2 Å². The van der Waals surface area contributed by atoms with Crippen LogP contribution in [0.1, 0.15) is 110 Å². The molecule has 0 fully saturated rings. The molecule has 1 N–H and O–H groups in total. The Bertz CT molecular complexity index is 703. The van der Waals surface area contributed by atoms with E-state index < -0.39 is 17.7 Å². The van der Waals surface area contributed by atoms with E-state index in [1.165, 1.54) is 64.2 Å². The fourth-order valence-electron chi connectivity index (χ4n) is 4.06. The van der Waals surface area contributed by atoms with E-state index in [9.17, 15) is 9.59 Å². The third-order valence-corrected chi connectivity index (χ3v) is 6.11. The van der Waals surface area contributed by atoms with Crippen LogP contribution in [0.15, 0.2) is 30.3 Å². The first-order valence-electron chi connectivity index (χ1n) is 14.1. The van der Waals surface area contributed by atoms with E-state index in [1.54, 1.807) is 32.7 Å². The Morgan fingerprint density at radius 1 is 0.861 bits per heavy atom. The molecule has 6 nitrogen and oxygen atoms in total. The highest BCUT2D eigenvalue weighted by atomic mass is 16.6. The average molecular weight is 505 g/mol. The van der Waals surface area contributed by atoms with Crippen LogP contribution in [0.25, 0.3) is 0 Å². The van der Waals surface area contributed by atoms with Gasteiger partial charge in [-0.1, -0.05) is 108 Å². The number of unbranched alkanes of at least 4 members (excludes halogenated alkanes) is 11. The van der Waals surface area contributed by atoms with Crippen LogP contribution in [0.2, 0.25) is 0 Å². The van der Waals surface area contributed by atoms with Crippen LogP contribution in [-0.4, -0.2) is 48.7 Å². The highest BCUT2D eigenvalue weighted by Crippen LogP contribution is 2.13. The number of rotatable bonds is 19. The molecule has 2 amide bonds. The monoisotopic (exact) mass is 504 g/mol. The SMILES string of the molecule is CCCCCCCCCCCCCCN(C)C(=O)[C@H](COCc1ccccc1)NC(=O)OC(C)(C)C. The van der Waals surface area contributed by atoms with Gasteiger partial charge in [0.2, 0.25) is 5.91 Å². The van der Waals surface area contributed by atoms with Crippen molar-refractivity contribution in [1.82, 2.24) is 10.2 Å². The number of nitrogens with one attached hydrogen (secondary N) is 1. The maximum atomic E-state index is 13.1. The zero-order valence-electron chi connectivity index (χ0n) is 23.7. The van der Waals surface area contributed by atoms with Gasteiger partial charge in [-0.05, 0) is 32.8 Å². The first-order valence-corrected chi connectivity index (χ1v) is 14.1. The Labute approximate surface area is 220 Å². The Morgan fingerprint density at radius 2 is 1.39 bits per heavy atom. The highest BCUT2D eigenvalue weighted by molar-refractivity contribution is 5.85. The van der Waals surface area contributed by atoms with E-state index in [-0.39, 0.29) is 12.5 Å². The molecule has 0 heterocycles. The predicted octanol–water partition coefficient (Wildman–Crippen LogP) is 7.26. The summed E-state index contributed by atoms with van der Waals surface area (Å²) in [6.45, 7) is 8.80. The molecule has 36 heavy (non-hydrogen) atoms. The van der Waals surface area contributed by atoms with E-state index >= 15 is 0 Å². The molecule has 1 atom stereocenters. The second-order valence-corrected chi connectivity index (χ2v) is 10.8. The Hall–Kier alpha value is -2.08. The van der Waals surface area contributed by atoms with Crippen LogP contribution in [0.3, 0.4) is 0 Å². The second kappa shape index (κ2) is 19.1. The van der Waals surface area contributed by atoms with Crippen molar-refractivity contribution in [1.29, 1.82) is 0 Å². The summed E-state index contributed by atoms with van der Waals surface area (Å²) in [6.07, 6.45) is 14.8. The van der Waals surface area contributed by atoms with E-state index in [4.69, 9.17) is 9.47 Å². The van der Waals surface area contributed by atoms with Crippen LogP contribution in [-0.2, 0) is 20.9 Å². The number of likely N-dealkylation sites (N-methyl/N-ethyl adjacent to an activating group) is 1. The first-order chi connectivity index (χ1) is 17.2. The molecule has 1 aromatic rings. The molecule has 0 saturated heterocycles. The predicted molar refractivity (Wildman–Crippen MR) is 148 cm³/mol. The largest absolute Gasteiger partial charge is 0.444 e. The molecule has 0 aliphatic carbocycles. The quantitative estimate of drug-likeness (QED) is 0.201. The third-order valence-electron chi connectivity index (χ3n) is 6.11. The lowest BCUT2D eigenvalue weighted by Gasteiger charge is -2.26. The molecule has 1 aromatic carbocycles. The van der Waals surface area contributed by atoms with Crippen LogP contribution in [0.5, 0.6) is 0 Å². The fraction of sp³-hybridized carbons (Fsp3) is 0.733. The number of ether oxygens (including phenoxy) is 2. The van der Waals surface area contributed by atoms with E-state index in [0.717, 1.165) is 18.4 Å². The van der Waals surface area contributed by atoms with Crippen molar-refractivity contribution in [3.8, 4) is 0 Å². The number of carbonyl (C=O) groups is 2. The molecule has 0 bridgehead atoms. The number of hydrogen-bond donors (Lipinski definition) is 1. The lowest BCUT2D eigenvalue weighted by atomic mass is 10.1. The molecule has 0 aliphatic rings. The lowest BCUT2D eigenvalue weighted by molar-refractivity contribution is -0.134. The molecular formula is C30H52N2O4. The molecule has 1 rings (SSSR count). The Balaban J connectivity index is 2.35. The van der Waals surface area contributed by atoms with Gasteiger partial charge in [-0.25, -0.2) is 4.79 Å². The minimum absolute atomic E-state index is 0.0930. The van der Waals surface area contributed by atoms with E-state index in [2.05, 4.69) is 12.2 Å². The van der Waals surface area contributed by atoms with Crippen LogP contribution < -0.4 is 5.32 Å². The third kappa shape index (κ3) is 16.6. The van der Waals surface area contributed by atoms with Crippen molar-refractivity contribution in [2.45, 2.75) is 123 Å². The zero-order chi connectivity index (χ0) is 26.7. The fourth-order valence-corrected chi connectivity index (χ4v) is 4.06. The summed E-state index contributed by atoms with van der Waals surface area (Å²) >= 11 is 0. The summed E-state index contributed by atoms with van der Waals surface area (Å²) in [6, 6.07) is 9.00. The normalized spacial score (nSPS) is 12.2. The molecule has 6 heteroatoms. The number of amides is 2. The smallest absolute Gasteiger partial charge is 0.408 e. The van der Waals surface area contributed by atoms with Gasteiger partial charge in [-0.2, -0.15) is 0 Å². The van der Waals surface area contributed by atoms with Gasteiger partial charge in [-0.3, -0.25) is 4.79 Å². The zero-order valence-corrected chi connectivity index (χ0v) is 23.7. The van der Waals surface area contributed by atoms with E-state index in [1.807, 2.05) is 30.3 Å². The van der Waals surface area contributed by atoms with Gasteiger partial charge in [0.25, 0.3) is 0 Å². The molecule has 0 aliphatic heterocycles. The summed E-state index contributed by atoms with van der Waals surface area (Å²) in [7, 11) is 1.79. The summed E-state index contributed by atoms with van der Waals surface area (Å²) in [5, 5.41) is 2.71. The standard InChI is InChI=1S/C30H52N2O4/c1-6-7-8-9-10-11-12-13-14-15-16-20-23-32(5)28(33)27(31-29(34)36-30(2,3)4)25-35-24-26-21-18-17-19-22-26/h17-19,21-22,27H,6-16,20,23-25H2,1-5H3,(H,31,34)/t27-/m0/s1. The van der Waals surface area contributed by atoms with Crippen molar-refractivity contribution in [3.63, 3.8) is 0 Å². The minimum atomic E-state index is -0.786. The molecule has 206 valence electrons. The maximum Gasteiger partial charge on any atom is 0.408 e. The summed E-state index contributed by atoms with van der Waals surface area (Å²) < 4.78 is 11.1. The number of benzene rings is 1. The second-order valence-electron chi connectivity index (χ2n) is 10.8. The van der Waals surface area contributed by atoms with Crippen LogP contribution in [0, 0.1) is 0 Å². The maximum absolute atomic E-state index is 13.1. The molecule has 0 unspecified atom stereocenters. The Kier molecular flexibility index (Phi) is 16.9. The van der Waals surface area contributed by atoms with Crippen LogP contribution in [0.4, 0.5) is 4.79 Å². The first kappa shape index (κ1) is 31.9. The minimum Gasteiger partial charge on any atom is -0.444 e. The number of hydrogen-bond acceptors (Lipinski definition) is 4. The van der Waals surface area contributed by atoms with Gasteiger partial charge in [0, 0.05) is 13.6 Å². The Morgan fingerprint density at radius 3 is 1.92 bits per heavy atom. The van der Waals surface area contributed by atoms with Crippen molar-refractivity contribution >= 4 is 12.0 Å². The van der Waals surface area contributed by atoms with Gasteiger partial charge in [0.15, 0.2) is 0 Å². The summed E-state index contributed by atoms with van der Waals surface area (Å²) in [4.78, 5) is 27.1. The summed E-state index contributed by atoms with van der Waals surface area (Å²) in [5.41, 5.74) is 0.384. The van der Waals surface area contributed by atoms with Crippen molar-refractivity contribution in [2.75, 3.05) is 20.2 Å². The number of nitrogens with zero attached hydrogens (tertiary/aromatic N) is 1. The molecule has 0 radical (unpaired) electrons. The van der Waals surface area contributed by atoms with Crippen molar-refractivity contribution in [3.05, 3.63) is 35.9 Å². The number of alkyl carbamates (subject to hydrolysis) is 1. The lowest BCUT2D eigenvalue weighted by Crippen LogP contribution is -2.51. The van der Waals surface area contributed by atoms with Gasteiger partial charge in [-0.15, -0.1) is 0 Å². The van der Waals surface area contributed by atoms with Crippen molar-refractivity contribution in [2.24, 2.45) is 0 Å². The van der Waals surface area contributed by atoms with E-state index in [0.29, 0.717) is 13.2 Å². The average Bonchev–Trinajstić information content (AvgIpc) is 2.83. The van der Waals surface area contributed by atoms with Crippen molar-refractivity contribution < 1.29 is 19.1 Å². The topological polar surface area (TPSA) is 67.9 Å². The molecular weight excluding hydrogens is 452 g/mol. The summed E-state index contributed by atoms with van der Waals surface area (Å²) in [5.74, 6) is -0.156. The highest BCUT2D eigenvalue weighted by Gasteiger charge is 2.26.